The van der Waals surface area contributed by atoms with Gasteiger partial charge in [0.15, 0.2) is 0 Å². The first-order valence-corrected chi connectivity index (χ1v) is 3.88. The Bertz CT molecular complexity index is 122. The first-order chi connectivity index (χ1) is 4.56. The second-order valence-electron chi connectivity index (χ2n) is 3.95. The molecule has 0 saturated carbocycles. The van der Waals surface area contributed by atoms with Crippen LogP contribution in [-0.2, 0) is 0 Å². The number of hydrogen-bond acceptors (Lipinski definition) is 2. The van der Waals surface area contributed by atoms with E-state index in [-0.39, 0.29) is 0 Å². The number of rotatable bonds is 1. The van der Waals surface area contributed by atoms with Crippen molar-refractivity contribution in [3.8, 4) is 0 Å². The third-order valence-corrected chi connectivity index (χ3v) is 2.61. The normalized spacial score (nSPS) is 33.0. The van der Waals surface area contributed by atoms with Crippen molar-refractivity contribution in [3.63, 3.8) is 0 Å². The zero-order chi connectivity index (χ0) is 7.78. The maximum atomic E-state index is 8.89. The van der Waals surface area contributed by atoms with Crippen LogP contribution in [0.3, 0.4) is 0 Å². The van der Waals surface area contributed by atoms with Gasteiger partial charge in [-0.05, 0) is 33.2 Å². The molecule has 1 N–H and O–H groups in total. The molecule has 0 bridgehead atoms. The van der Waals surface area contributed by atoms with Gasteiger partial charge in [-0.2, -0.15) is 0 Å². The minimum Gasteiger partial charge on any atom is -0.396 e. The molecule has 0 aromatic rings. The summed E-state index contributed by atoms with van der Waals surface area (Å²) in [6.07, 6.45) is 1.12. The van der Waals surface area contributed by atoms with E-state index in [1.54, 1.807) is 0 Å². The van der Waals surface area contributed by atoms with Gasteiger partial charge in [-0.1, -0.05) is 0 Å². The van der Waals surface area contributed by atoms with Crippen LogP contribution in [0, 0.1) is 5.92 Å². The lowest BCUT2D eigenvalue weighted by Crippen LogP contribution is -2.34. The Morgan fingerprint density at radius 3 is 2.40 bits per heavy atom. The first-order valence-electron chi connectivity index (χ1n) is 3.88. The third-order valence-electron chi connectivity index (χ3n) is 2.61. The van der Waals surface area contributed by atoms with Crippen LogP contribution in [-0.4, -0.2) is 35.7 Å². The van der Waals surface area contributed by atoms with Gasteiger partial charge in [0.25, 0.3) is 0 Å². The minimum atomic E-state index is 0.299. The third kappa shape index (κ3) is 1.32. The van der Waals surface area contributed by atoms with Crippen LogP contribution >= 0.6 is 0 Å². The fourth-order valence-electron chi connectivity index (χ4n) is 1.68. The average Bonchev–Trinajstić information content (AvgIpc) is 2.08. The van der Waals surface area contributed by atoms with Gasteiger partial charge in [-0.25, -0.2) is 0 Å². The molecule has 2 heteroatoms. The Kier molecular flexibility index (Phi) is 2.02. The maximum absolute atomic E-state index is 8.89. The van der Waals surface area contributed by atoms with Crippen molar-refractivity contribution in [1.29, 1.82) is 0 Å². The summed E-state index contributed by atoms with van der Waals surface area (Å²) in [5.41, 5.74) is 0.299. The summed E-state index contributed by atoms with van der Waals surface area (Å²) in [6, 6.07) is 0. The topological polar surface area (TPSA) is 23.5 Å². The summed E-state index contributed by atoms with van der Waals surface area (Å²) < 4.78 is 0. The predicted octanol–water partition coefficient (Wildman–Crippen LogP) is 0.709. The molecule has 0 amide bonds. The largest absolute Gasteiger partial charge is 0.396 e. The van der Waals surface area contributed by atoms with E-state index in [1.807, 2.05) is 0 Å². The molecule has 1 heterocycles. The van der Waals surface area contributed by atoms with E-state index >= 15 is 0 Å². The zero-order valence-corrected chi connectivity index (χ0v) is 7.09. The molecule has 0 aromatic heterocycles. The van der Waals surface area contributed by atoms with E-state index in [0.717, 1.165) is 13.0 Å². The zero-order valence-electron chi connectivity index (χ0n) is 7.09. The van der Waals surface area contributed by atoms with Crippen molar-refractivity contribution >= 4 is 0 Å². The molecular weight excluding hydrogens is 126 g/mol. The van der Waals surface area contributed by atoms with E-state index in [9.17, 15) is 0 Å². The highest BCUT2D eigenvalue weighted by atomic mass is 16.3. The molecule has 0 aliphatic carbocycles. The summed E-state index contributed by atoms with van der Waals surface area (Å²) in [6.45, 7) is 5.84. The van der Waals surface area contributed by atoms with Crippen molar-refractivity contribution in [3.05, 3.63) is 0 Å². The van der Waals surface area contributed by atoms with Gasteiger partial charge in [0.05, 0.1) is 0 Å². The van der Waals surface area contributed by atoms with Gasteiger partial charge in [-0.3, -0.25) is 0 Å². The monoisotopic (exact) mass is 143 g/mol. The first kappa shape index (κ1) is 8.02. The molecule has 60 valence electrons. The molecule has 0 unspecified atom stereocenters. The van der Waals surface area contributed by atoms with Gasteiger partial charge in [0.1, 0.15) is 0 Å². The highest BCUT2D eigenvalue weighted by Crippen LogP contribution is 2.30. The molecule has 1 rings (SSSR count). The van der Waals surface area contributed by atoms with Gasteiger partial charge in [0, 0.05) is 18.7 Å². The molecule has 1 aliphatic rings. The molecule has 1 saturated heterocycles. The molecule has 2 nitrogen and oxygen atoms in total. The second-order valence-corrected chi connectivity index (χ2v) is 3.95. The number of likely N-dealkylation sites (tertiary alicyclic amines) is 1. The van der Waals surface area contributed by atoms with Gasteiger partial charge < -0.3 is 10.0 Å². The van der Waals surface area contributed by atoms with Gasteiger partial charge in [-0.15, -0.1) is 0 Å². The van der Waals surface area contributed by atoms with E-state index < -0.39 is 0 Å². The fourth-order valence-corrected chi connectivity index (χ4v) is 1.68. The quantitative estimate of drug-likeness (QED) is 0.584. The molecule has 10 heavy (non-hydrogen) atoms. The smallest absolute Gasteiger partial charge is 0.0472 e. The number of aliphatic hydroxyl groups excluding tert-OH is 1. The Balaban J connectivity index is 2.53. The average molecular weight is 143 g/mol. The highest BCUT2D eigenvalue weighted by molar-refractivity contribution is 4.90. The van der Waals surface area contributed by atoms with Crippen molar-refractivity contribution < 1.29 is 5.11 Å². The van der Waals surface area contributed by atoms with E-state index in [1.165, 1.54) is 0 Å². The van der Waals surface area contributed by atoms with Gasteiger partial charge in [0.2, 0.25) is 0 Å². The van der Waals surface area contributed by atoms with Crippen molar-refractivity contribution in [2.75, 3.05) is 20.2 Å². The summed E-state index contributed by atoms with van der Waals surface area (Å²) in [7, 11) is 2.12. The van der Waals surface area contributed by atoms with E-state index in [4.69, 9.17) is 5.11 Å². The van der Waals surface area contributed by atoms with Crippen molar-refractivity contribution in [1.82, 2.24) is 4.90 Å². The summed E-state index contributed by atoms with van der Waals surface area (Å²) >= 11 is 0. The van der Waals surface area contributed by atoms with E-state index in [2.05, 4.69) is 25.8 Å². The summed E-state index contributed by atoms with van der Waals surface area (Å²) in [5, 5.41) is 8.89. The second kappa shape index (κ2) is 2.51. The molecule has 1 aliphatic heterocycles. The Morgan fingerprint density at radius 1 is 1.60 bits per heavy atom. The van der Waals surface area contributed by atoms with Crippen LogP contribution in [0.5, 0.6) is 0 Å². The summed E-state index contributed by atoms with van der Waals surface area (Å²) in [5.74, 6) is 0.500. The van der Waals surface area contributed by atoms with Crippen LogP contribution in [0.4, 0.5) is 0 Å². The molecule has 1 fully saturated rings. The van der Waals surface area contributed by atoms with Crippen molar-refractivity contribution in [2.45, 2.75) is 25.8 Å². The Labute approximate surface area is 62.8 Å². The van der Waals surface area contributed by atoms with Crippen LogP contribution in [0.15, 0.2) is 0 Å². The van der Waals surface area contributed by atoms with Crippen LogP contribution in [0.2, 0.25) is 0 Å². The number of aliphatic hydroxyl groups is 1. The van der Waals surface area contributed by atoms with E-state index in [0.29, 0.717) is 18.1 Å². The molecule has 0 radical (unpaired) electrons. The number of hydrogen-bond donors (Lipinski definition) is 1. The molecule has 0 aromatic carbocycles. The lowest BCUT2D eigenvalue weighted by atomic mass is 9.97. The molecule has 1 atom stereocenters. The minimum absolute atomic E-state index is 0.299. The van der Waals surface area contributed by atoms with Crippen molar-refractivity contribution in [2.24, 2.45) is 5.92 Å². The Hall–Kier alpha value is -0.0800. The van der Waals surface area contributed by atoms with Crippen LogP contribution in [0.25, 0.3) is 0 Å². The molecular formula is C8H17NO. The van der Waals surface area contributed by atoms with Gasteiger partial charge >= 0.3 is 0 Å². The van der Waals surface area contributed by atoms with Crippen LogP contribution < -0.4 is 0 Å². The Morgan fingerprint density at radius 2 is 2.20 bits per heavy atom. The number of nitrogens with zero attached hydrogens (tertiary/aromatic N) is 1. The standard InChI is InChI=1S/C8H17NO/c1-8(2)4-7(6-10)5-9(8)3/h7,10H,4-6H2,1-3H3/t7-/m1/s1. The lowest BCUT2D eigenvalue weighted by molar-refractivity contribution is 0.215. The predicted molar refractivity (Wildman–Crippen MR) is 41.9 cm³/mol. The molecule has 0 spiro atoms. The lowest BCUT2D eigenvalue weighted by Gasteiger charge is -2.26. The highest BCUT2D eigenvalue weighted by Gasteiger charge is 2.34. The summed E-state index contributed by atoms with van der Waals surface area (Å²) in [4.78, 5) is 2.31. The van der Waals surface area contributed by atoms with Crippen LogP contribution in [0.1, 0.15) is 20.3 Å². The maximum Gasteiger partial charge on any atom is 0.0472 e. The SMILES string of the molecule is CN1C[C@H](CO)CC1(C)C. The fraction of sp³-hybridized carbons (Fsp3) is 1.00.